The summed E-state index contributed by atoms with van der Waals surface area (Å²) in [5.74, 6) is 1.60. The molecule has 4 aromatic rings. The minimum Gasteiger partial charge on any atom is -0.457 e. The number of alkyl halides is 2. The normalized spacial score (nSPS) is 16.6. The minimum atomic E-state index is -3.14. The number of benzene rings is 2. The first kappa shape index (κ1) is 31.6. The Labute approximate surface area is 270 Å². The molecule has 2 N–H and O–H groups in total. The van der Waals surface area contributed by atoms with Crippen LogP contribution in [0.1, 0.15) is 18.0 Å². The van der Waals surface area contributed by atoms with Gasteiger partial charge in [0.05, 0.1) is 18.3 Å². The lowest BCUT2D eigenvalue weighted by molar-refractivity contribution is -0.111. The Morgan fingerprint density at radius 2 is 1.81 bits per heavy atom. The lowest BCUT2D eigenvalue weighted by Crippen LogP contribution is -2.45. The number of nitrogens with one attached hydrogen (secondary N) is 2. The van der Waals surface area contributed by atoms with Gasteiger partial charge in [-0.15, -0.1) is 0 Å². The number of ether oxygens (including phenoxy) is 2. The van der Waals surface area contributed by atoms with E-state index in [1.807, 2.05) is 66.5 Å². The van der Waals surface area contributed by atoms with E-state index < -0.39 is 12.5 Å². The Balaban J connectivity index is 1.28. The predicted octanol–water partition coefficient (Wildman–Crippen LogP) is 5.77. The van der Waals surface area contributed by atoms with Gasteiger partial charge in [0, 0.05) is 38.7 Å². The van der Waals surface area contributed by atoms with E-state index >= 15 is 0 Å². The number of para-hydroxylation sites is 1. The molecule has 0 bridgehead atoms. The van der Waals surface area contributed by atoms with Crippen molar-refractivity contribution in [2.24, 2.45) is 0 Å². The summed E-state index contributed by atoms with van der Waals surface area (Å²) in [5, 5.41) is 7.46. The standard InChI is InChI=1S/C33H34F2N8O4/c1-3-30(44)39-25-19-26(32(47-33(34)35)40-31(25)42-15-13-41(2)14-16-42)38-28-20-29(37-21-36-28)43-27(12-17-45-43)22-8-7-11-24(18-22)46-23-9-5-4-6-10-23/h3-11,18-21,27,33H,1,12-17H2,2H3,(H,39,44)(H,36,37,38)/t27-/m1/s1. The number of piperazine rings is 1. The van der Waals surface area contributed by atoms with Crippen LogP contribution in [0.4, 0.5) is 37.6 Å². The maximum atomic E-state index is 13.6. The van der Waals surface area contributed by atoms with Crippen LogP contribution in [0.3, 0.4) is 0 Å². The number of anilines is 5. The van der Waals surface area contributed by atoms with Crippen LogP contribution in [-0.2, 0) is 9.63 Å². The Bertz CT molecular complexity index is 1710. The van der Waals surface area contributed by atoms with Gasteiger partial charge in [0.15, 0.2) is 11.6 Å². The second-order valence-corrected chi connectivity index (χ2v) is 10.9. The van der Waals surface area contributed by atoms with Crippen molar-refractivity contribution in [3.8, 4) is 17.4 Å². The Morgan fingerprint density at radius 1 is 1.02 bits per heavy atom. The summed E-state index contributed by atoms with van der Waals surface area (Å²) in [5.41, 5.74) is 1.33. The SMILES string of the molecule is C=CC(=O)Nc1cc(Nc2cc(N3OCC[C@@H]3c3cccc(Oc4ccccc4)c3)ncn2)c(OC(F)F)nc1N1CCN(C)CC1. The number of nitrogens with zero attached hydrogens (tertiary/aromatic N) is 6. The summed E-state index contributed by atoms with van der Waals surface area (Å²) < 4.78 is 38.1. The van der Waals surface area contributed by atoms with Crippen molar-refractivity contribution in [2.75, 3.05) is 60.4 Å². The first-order valence-corrected chi connectivity index (χ1v) is 15.1. The van der Waals surface area contributed by atoms with Crippen molar-refractivity contribution in [3.05, 3.63) is 91.3 Å². The second-order valence-electron chi connectivity index (χ2n) is 10.9. The molecular formula is C33H34F2N8O4. The number of hydrogen-bond acceptors (Lipinski definition) is 11. The topological polar surface area (TPSA) is 117 Å². The molecule has 0 spiro atoms. The summed E-state index contributed by atoms with van der Waals surface area (Å²) in [7, 11) is 1.99. The predicted molar refractivity (Wildman–Crippen MR) is 173 cm³/mol. The Hall–Kier alpha value is -5.34. The second kappa shape index (κ2) is 14.4. The number of amides is 1. The van der Waals surface area contributed by atoms with Gasteiger partial charge in [0.2, 0.25) is 11.8 Å². The van der Waals surface area contributed by atoms with Crippen molar-refractivity contribution in [3.63, 3.8) is 0 Å². The van der Waals surface area contributed by atoms with Gasteiger partial charge in [-0.25, -0.2) is 15.0 Å². The Morgan fingerprint density at radius 3 is 2.57 bits per heavy atom. The van der Waals surface area contributed by atoms with E-state index in [1.165, 1.54) is 12.4 Å². The zero-order valence-electron chi connectivity index (χ0n) is 25.7. The van der Waals surface area contributed by atoms with Crippen LogP contribution in [0.2, 0.25) is 0 Å². The molecule has 1 atom stereocenters. The fourth-order valence-corrected chi connectivity index (χ4v) is 5.37. The average Bonchev–Trinajstić information content (AvgIpc) is 3.57. The number of carbonyl (C=O) groups excluding carboxylic acids is 1. The van der Waals surface area contributed by atoms with Gasteiger partial charge in [-0.1, -0.05) is 36.9 Å². The highest BCUT2D eigenvalue weighted by atomic mass is 19.3. The molecule has 0 radical (unpaired) electrons. The third-order valence-electron chi connectivity index (χ3n) is 7.68. The molecule has 0 aliphatic carbocycles. The molecule has 244 valence electrons. The number of rotatable bonds is 11. The largest absolute Gasteiger partial charge is 0.457 e. The van der Waals surface area contributed by atoms with E-state index in [9.17, 15) is 13.6 Å². The van der Waals surface area contributed by atoms with Crippen LogP contribution >= 0.6 is 0 Å². The quantitative estimate of drug-likeness (QED) is 0.194. The molecule has 2 aromatic carbocycles. The molecule has 2 aromatic heterocycles. The zero-order chi connectivity index (χ0) is 32.8. The van der Waals surface area contributed by atoms with Gasteiger partial charge in [-0.05, 0) is 49.0 Å². The summed E-state index contributed by atoms with van der Waals surface area (Å²) in [6.45, 7) is 3.46. The fraction of sp³-hybridized carbons (Fsp3) is 0.273. The van der Waals surface area contributed by atoms with Gasteiger partial charge < -0.3 is 29.9 Å². The van der Waals surface area contributed by atoms with Crippen LogP contribution in [0.5, 0.6) is 17.4 Å². The van der Waals surface area contributed by atoms with E-state index in [0.717, 1.165) is 30.5 Å². The maximum absolute atomic E-state index is 13.6. The van der Waals surface area contributed by atoms with Gasteiger partial charge >= 0.3 is 6.61 Å². The van der Waals surface area contributed by atoms with Crippen molar-refractivity contribution in [1.29, 1.82) is 0 Å². The van der Waals surface area contributed by atoms with Crippen molar-refractivity contribution in [2.45, 2.75) is 19.1 Å². The number of pyridine rings is 1. The number of carbonyl (C=O) groups is 1. The molecule has 12 nitrogen and oxygen atoms in total. The van der Waals surface area contributed by atoms with Crippen molar-refractivity contribution < 1.29 is 27.9 Å². The number of likely N-dealkylation sites (N-methyl/N-ethyl adjacent to an activating group) is 1. The first-order chi connectivity index (χ1) is 22.9. The molecular weight excluding hydrogens is 610 g/mol. The fourth-order valence-electron chi connectivity index (χ4n) is 5.37. The highest BCUT2D eigenvalue weighted by Crippen LogP contribution is 2.39. The van der Waals surface area contributed by atoms with E-state index in [2.05, 4.69) is 37.1 Å². The number of aromatic nitrogens is 3. The molecule has 2 aliphatic heterocycles. The Kier molecular flexibility index (Phi) is 9.69. The molecule has 2 fully saturated rings. The van der Waals surface area contributed by atoms with E-state index in [1.54, 1.807) is 11.1 Å². The molecule has 6 rings (SSSR count). The highest BCUT2D eigenvalue weighted by molar-refractivity contribution is 6.01. The molecule has 1 amide bonds. The zero-order valence-corrected chi connectivity index (χ0v) is 25.7. The molecule has 0 unspecified atom stereocenters. The van der Waals surface area contributed by atoms with Gasteiger partial charge in [0.25, 0.3) is 0 Å². The van der Waals surface area contributed by atoms with Crippen LogP contribution in [0.15, 0.2) is 85.7 Å². The molecule has 4 heterocycles. The van der Waals surface area contributed by atoms with Crippen LogP contribution in [-0.4, -0.2) is 72.2 Å². The van der Waals surface area contributed by atoms with Crippen LogP contribution < -0.4 is 30.1 Å². The maximum Gasteiger partial charge on any atom is 0.388 e. The first-order valence-electron chi connectivity index (χ1n) is 15.1. The summed E-state index contributed by atoms with van der Waals surface area (Å²) in [6, 6.07) is 20.2. The molecule has 2 saturated heterocycles. The van der Waals surface area contributed by atoms with Crippen molar-refractivity contribution >= 4 is 34.7 Å². The summed E-state index contributed by atoms with van der Waals surface area (Å²) in [6.07, 6.45) is 3.15. The van der Waals surface area contributed by atoms with E-state index in [-0.39, 0.29) is 23.4 Å². The van der Waals surface area contributed by atoms with Gasteiger partial charge in [-0.2, -0.15) is 13.8 Å². The van der Waals surface area contributed by atoms with E-state index in [4.69, 9.17) is 14.3 Å². The number of hydrogen-bond donors (Lipinski definition) is 2. The minimum absolute atomic E-state index is 0.0665. The molecule has 0 saturated carbocycles. The van der Waals surface area contributed by atoms with Gasteiger partial charge in [0.1, 0.15) is 29.3 Å². The summed E-state index contributed by atoms with van der Waals surface area (Å²) >= 11 is 0. The van der Waals surface area contributed by atoms with E-state index in [0.29, 0.717) is 49.2 Å². The average molecular weight is 645 g/mol. The third-order valence-corrected chi connectivity index (χ3v) is 7.68. The van der Waals surface area contributed by atoms with Crippen molar-refractivity contribution in [1.82, 2.24) is 19.9 Å². The smallest absolute Gasteiger partial charge is 0.388 e. The summed E-state index contributed by atoms with van der Waals surface area (Å²) in [4.78, 5) is 35.5. The van der Waals surface area contributed by atoms with Crippen LogP contribution in [0, 0.1) is 0 Å². The number of halogens is 2. The molecule has 14 heteroatoms. The third kappa shape index (κ3) is 7.73. The molecule has 2 aliphatic rings. The van der Waals surface area contributed by atoms with Crippen LogP contribution in [0.25, 0.3) is 0 Å². The van der Waals surface area contributed by atoms with Gasteiger partial charge in [-0.3, -0.25) is 9.63 Å². The highest BCUT2D eigenvalue weighted by Gasteiger charge is 2.30. The molecule has 47 heavy (non-hydrogen) atoms. The lowest BCUT2D eigenvalue weighted by atomic mass is 10.0. The lowest BCUT2D eigenvalue weighted by Gasteiger charge is -2.34. The number of hydroxylamine groups is 1. The monoisotopic (exact) mass is 644 g/mol.